The summed E-state index contributed by atoms with van der Waals surface area (Å²) in [5, 5.41) is 13.3. The van der Waals surface area contributed by atoms with Gasteiger partial charge in [0, 0.05) is 18.2 Å². The molecule has 1 atom stereocenters. The lowest BCUT2D eigenvalue weighted by Gasteiger charge is -2.18. The highest BCUT2D eigenvalue weighted by molar-refractivity contribution is 5.34. The number of hydrogen-bond donors (Lipinski definition) is 2. The Hall–Kier alpha value is -2.00. The van der Waals surface area contributed by atoms with Crippen LogP contribution >= 0.6 is 0 Å². The summed E-state index contributed by atoms with van der Waals surface area (Å²) in [6.45, 7) is 3.44. The van der Waals surface area contributed by atoms with Crippen LogP contribution in [-0.2, 0) is 0 Å². The van der Waals surface area contributed by atoms with E-state index in [-0.39, 0.29) is 6.04 Å². The van der Waals surface area contributed by atoms with Crippen LogP contribution in [0.25, 0.3) is 0 Å². The van der Waals surface area contributed by atoms with Crippen molar-refractivity contribution in [3.63, 3.8) is 0 Å². The summed E-state index contributed by atoms with van der Waals surface area (Å²) >= 11 is 0. The summed E-state index contributed by atoms with van der Waals surface area (Å²) in [6, 6.07) is 17.4. The Morgan fingerprint density at radius 1 is 1.05 bits per heavy atom. The maximum atomic E-state index is 9.88. The van der Waals surface area contributed by atoms with Crippen molar-refractivity contribution in [2.75, 3.05) is 13.2 Å². The number of aromatic hydroxyl groups is 1. The highest BCUT2D eigenvalue weighted by Gasteiger charge is 2.11. The molecule has 20 heavy (non-hydrogen) atoms. The molecule has 0 amide bonds. The molecule has 0 aliphatic heterocycles. The first-order valence-electron chi connectivity index (χ1n) is 7.00. The second kappa shape index (κ2) is 7.56. The Kier molecular flexibility index (Phi) is 5.44. The lowest BCUT2D eigenvalue weighted by atomic mass is 10.0. The van der Waals surface area contributed by atoms with E-state index < -0.39 is 0 Å². The molecule has 2 aromatic carbocycles. The Balaban J connectivity index is 1.81. The van der Waals surface area contributed by atoms with Crippen LogP contribution in [0.5, 0.6) is 11.5 Å². The fourth-order valence-corrected chi connectivity index (χ4v) is 2.18. The number of rotatable bonds is 7. The zero-order chi connectivity index (χ0) is 14.2. The van der Waals surface area contributed by atoms with Crippen molar-refractivity contribution in [1.29, 1.82) is 0 Å². The quantitative estimate of drug-likeness (QED) is 0.757. The lowest BCUT2D eigenvalue weighted by Crippen LogP contribution is -2.25. The van der Waals surface area contributed by atoms with Crippen molar-refractivity contribution in [2.24, 2.45) is 0 Å². The minimum absolute atomic E-state index is 0.149. The van der Waals surface area contributed by atoms with Gasteiger partial charge in [0.25, 0.3) is 0 Å². The van der Waals surface area contributed by atoms with Gasteiger partial charge >= 0.3 is 0 Å². The zero-order valence-corrected chi connectivity index (χ0v) is 11.8. The van der Waals surface area contributed by atoms with E-state index in [4.69, 9.17) is 4.74 Å². The molecule has 0 aliphatic carbocycles. The monoisotopic (exact) mass is 271 g/mol. The van der Waals surface area contributed by atoms with Gasteiger partial charge < -0.3 is 15.2 Å². The summed E-state index contributed by atoms with van der Waals surface area (Å²) in [7, 11) is 0. The van der Waals surface area contributed by atoms with Crippen LogP contribution in [0.15, 0.2) is 54.6 Å². The van der Waals surface area contributed by atoms with Gasteiger partial charge in [0.2, 0.25) is 0 Å². The molecule has 1 unspecified atom stereocenters. The second-order valence-corrected chi connectivity index (χ2v) is 4.64. The molecule has 0 aromatic heterocycles. The molecule has 0 saturated heterocycles. The fourth-order valence-electron chi connectivity index (χ4n) is 2.18. The number of phenolic OH excluding ortho intramolecular Hbond substituents is 1. The van der Waals surface area contributed by atoms with Crippen molar-refractivity contribution in [1.82, 2.24) is 5.32 Å². The first-order valence-corrected chi connectivity index (χ1v) is 7.00. The lowest BCUT2D eigenvalue weighted by molar-refractivity contribution is 0.303. The van der Waals surface area contributed by atoms with Crippen molar-refractivity contribution < 1.29 is 9.84 Å². The summed E-state index contributed by atoms with van der Waals surface area (Å²) in [5.41, 5.74) is 0.940. The Labute approximate surface area is 120 Å². The molecule has 2 N–H and O–H groups in total. The molecular formula is C17H21NO2. The van der Waals surface area contributed by atoms with Crippen LogP contribution < -0.4 is 10.1 Å². The Bertz CT molecular complexity index is 513. The predicted octanol–water partition coefficient (Wildman–Crippen LogP) is 3.51. The van der Waals surface area contributed by atoms with Crippen LogP contribution in [0.2, 0.25) is 0 Å². The van der Waals surface area contributed by atoms with Crippen LogP contribution in [0.3, 0.4) is 0 Å². The van der Waals surface area contributed by atoms with Crippen molar-refractivity contribution >= 4 is 0 Å². The van der Waals surface area contributed by atoms with Gasteiger partial charge in [0.05, 0.1) is 0 Å². The summed E-state index contributed by atoms with van der Waals surface area (Å²) in [4.78, 5) is 0. The van der Waals surface area contributed by atoms with Gasteiger partial charge in [0.1, 0.15) is 18.1 Å². The van der Waals surface area contributed by atoms with E-state index in [1.54, 1.807) is 6.07 Å². The molecular weight excluding hydrogens is 250 g/mol. The van der Waals surface area contributed by atoms with E-state index in [0.29, 0.717) is 12.4 Å². The first-order chi connectivity index (χ1) is 9.81. The first kappa shape index (κ1) is 14.4. The van der Waals surface area contributed by atoms with E-state index in [0.717, 1.165) is 24.3 Å². The van der Waals surface area contributed by atoms with Gasteiger partial charge in [-0.15, -0.1) is 0 Å². The van der Waals surface area contributed by atoms with E-state index >= 15 is 0 Å². The van der Waals surface area contributed by atoms with E-state index in [1.807, 2.05) is 48.5 Å². The molecule has 3 heteroatoms. The molecule has 0 radical (unpaired) electrons. The molecule has 0 saturated carbocycles. The molecule has 0 aliphatic rings. The maximum Gasteiger partial charge on any atom is 0.120 e. The van der Waals surface area contributed by atoms with Crippen LogP contribution in [0, 0.1) is 0 Å². The average Bonchev–Trinajstić information content (AvgIpc) is 2.50. The predicted molar refractivity (Wildman–Crippen MR) is 81.1 cm³/mol. The summed E-state index contributed by atoms with van der Waals surface area (Å²) in [6.07, 6.45) is 0.920. The van der Waals surface area contributed by atoms with Gasteiger partial charge in [-0.1, -0.05) is 43.3 Å². The van der Waals surface area contributed by atoms with E-state index in [1.165, 1.54) is 0 Å². The topological polar surface area (TPSA) is 41.5 Å². The number of hydrogen-bond acceptors (Lipinski definition) is 3. The smallest absolute Gasteiger partial charge is 0.120 e. The van der Waals surface area contributed by atoms with Gasteiger partial charge in [-0.3, -0.25) is 0 Å². The number of para-hydroxylation sites is 2. The highest BCUT2D eigenvalue weighted by atomic mass is 16.5. The molecule has 2 rings (SSSR count). The van der Waals surface area contributed by atoms with E-state index in [2.05, 4.69) is 12.2 Å². The van der Waals surface area contributed by atoms with Gasteiger partial charge in [-0.2, -0.15) is 0 Å². The van der Waals surface area contributed by atoms with Crippen molar-refractivity contribution in [3.8, 4) is 11.5 Å². The highest BCUT2D eigenvalue weighted by Crippen LogP contribution is 2.25. The third kappa shape index (κ3) is 4.00. The third-order valence-corrected chi connectivity index (χ3v) is 3.23. The molecule has 3 nitrogen and oxygen atoms in total. The minimum Gasteiger partial charge on any atom is -0.508 e. The van der Waals surface area contributed by atoms with Crippen molar-refractivity contribution in [3.05, 3.63) is 60.2 Å². The number of ether oxygens (including phenoxy) is 1. The summed E-state index contributed by atoms with van der Waals surface area (Å²) < 4.78 is 5.64. The third-order valence-electron chi connectivity index (χ3n) is 3.23. The molecule has 0 fully saturated rings. The second-order valence-electron chi connectivity index (χ2n) is 4.64. The fraction of sp³-hybridized carbons (Fsp3) is 0.294. The SMILES string of the molecule is CCC(NCCOc1ccccc1)c1ccccc1O. The van der Waals surface area contributed by atoms with Gasteiger partial charge in [-0.05, 0) is 24.6 Å². The van der Waals surface area contributed by atoms with Gasteiger partial charge in [-0.25, -0.2) is 0 Å². The average molecular weight is 271 g/mol. The molecule has 0 heterocycles. The largest absolute Gasteiger partial charge is 0.508 e. The normalized spacial score (nSPS) is 12.1. The maximum absolute atomic E-state index is 9.88. The Morgan fingerprint density at radius 2 is 1.75 bits per heavy atom. The minimum atomic E-state index is 0.149. The van der Waals surface area contributed by atoms with Crippen molar-refractivity contribution in [2.45, 2.75) is 19.4 Å². The molecule has 2 aromatic rings. The number of benzene rings is 2. The summed E-state index contributed by atoms with van der Waals surface area (Å²) in [5.74, 6) is 1.22. The van der Waals surface area contributed by atoms with Crippen LogP contribution in [0.1, 0.15) is 24.9 Å². The molecule has 0 bridgehead atoms. The number of phenols is 1. The Morgan fingerprint density at radius 3 is 2.45 bits per heavy atom. The zero-order valence-electron chi connectivity index (χ0n) is 11.8. The van der Waals surface area contributed by atoms with Crippen LogP contribution in [-0.4, -0.2) is 18.3 Å². The standard InChI is InChI=1S/C17H21NO2/c1-2-16(15-10-6-7-11-17(15)19)18-12-13-20-14-8-4-3-5-9-14/h3-11,16,18-19H,2,12-13H2,1H3. The number of nitrogens with one attached hydrogen (secondary N) is 1. The van der Waals surface area contributed by atoms with Gasteiger partial charge in [0.15, 0.2) is 0 Å². The molecule has 106 valence electrons. The van der Waals surface area contributed by atoms with Crippen LogP contribution in [0.4, 0.5) is 0 Å². The van der Waals surface area contributed by atoms with E-state index in [9.17, 15) is 5.11 Å². The molecule has 0 spiro atoms.